The van der Waals surface area contributed by atoms with Crippen LogP contribution < -0.4 is 5.32 Å². The Hall–Kier alpha value is -1.75. The summed E-state index contributed by atoms with van der Waals surface area (Å²) < 4.78 is 13.2. The van der Waals surface area contributed by atoms with Crippen LogP contribution in [0.1, 0.15) is 93.8 Å². The van der Waals surface area contributed by atoms with Gasteiger partial charge in [0.05, 0.1) is 0 Å². The van der Waals surface area contributed by atoms with Gasteiger partial charge < -0.3 is 10.2 Å². The minimum absolute atomic E-state index is 0.0181. The third kappa shape index (κ3) is 5.14. The Morgan fingerprint density at radius 3 is 2.03 bits per heavy atom. The number of carbonyl (C=O) groups is 2. The molecule has 0 unspecified atom stereocenters. The second kappa shape index (κ2) is 10.2. The number of piperidine rings is 1. The molecule has 7 rings (SSSR count). The van der Waals surface area contributed by atoms with E-state index in [2.05, 4.69) is 10.2 Å². The first-order valence-electron chi connectivity index (χ1n) is 14.8. The molecule has 1 N–H and O–H groups in total. The molecule has 36 heavy (non-hydrogen) atoms. The number of carbonyl (C=O) groups excluding carboxylic acids is 2. The van der Waals surface area contributed by atoms with Crippen molar-refractivity contribution in [2.45, 2.75) is 89.5 Å². The largest absolute Gasteiger partial charge is 0.353 e. The van der Waals surface area contributed by atoms with Gasteiger partial charge in [-0.3, -0.25) is 9.59 Å². The van der Waals surface area contributed by atoms with E-state index in [0.29, 0.717) is 17.5 Å². The average Bonchev–Trinajstić information content (AvgIpc) is 2.88. The lowest BCUT2D eigenvalue weighted by atomic mass is 9.49. The molecule has 0 atom stereocenters. The van der Waals surface area contributed by atoms with Crippen molar-refractivity contribution in [1.82, 2.24) is 10.2 Å². The zero-order chi connectivity index (χ0) is 24.7. The molecule has 6 fully saturated rings. The summed E-state index contributed by atoms with van der Waals surface area (Å²) in [5.74, 6) is 3.58. The maximum absolute atomic E-state index is 13.4. The van der Waals surface area contributed by atoms with Gasteiger partial charge in [0.1, 0.15) is 5.82 Å². The van der Waals surface area contributed by atoms with Gasteiger partial charge in [0.2, 0.25) is 5.91 Å². The first kappa shape index (κ1) is 24.6. The Labute approximate surface area is 215 Å². The predicted octanol–water partition coefficient (Wildman–Crippen LogP) is 6.00. The van der Waals surface area contributed by atoms with Gasteiger partial charge >= 0.3 is 0 Å². The van der Waals surface area contributed by atoms with Crippen molar-refractivity contribution in [3.63, 3.8) is 0 Å². The number of Topliss-reactive ketones (excluding diaryl/α,β-unsaturated/α-hetero) is 1. The second-order valence-electron chi connectivity index (χ2n) is 13.2. The van der Waals surface area contributed by atoms with Gasteiger partial charge in [0.25, 0.3) is 0 Å². The molecule has 1 aromatic rings. The Morgan fingerprint density at radius 2 is 1.44 bits per heavy atom. The Balaban J connectivity index is 0.902. The van der Waals surface area contributed by atoms with Gasteiger partial charge in [0.15, 0.2) is 5.78 Å². The van der Waals surface area contributed by atoms with Crippen molar-refractivity contribution >= 4 is 11.7 Å². The molecular formula is C31H43FN2O2. The van der Waals surface area contributed by atoms with Gasteiger partial charge in [0, 0.05) is 22.9 Å². The van der Waals surface area contributed by atoms with Crippen molar-refractivity contribution < 1.29 is 14.0 Å². The fourth-order valence-corrected chi connectivity index (χ4v) is 8.96. The first-order valence-corrected chi connectivity index (χ1v) is 14.8. The van der Waals surface area contributed by atoms with Crippen LogP contribution in [0, 0.1) is 40.8 Å². The minimum atomic E-state index is -0.291. The molecule has 4 bridgehead atoms. The van der Waals surface area contributed by atoms with Crippen LogP contribution in [0.25, 0.3) is 0 Å². The SMILES string of the molecule is O=C(c1ccc(F)cc1)C1CCN(CC[C@H]2CC[C@H](NC(=O)C34CC5CC(CC(C5)C3)C4)CC2)CC1. The normalized spacial score (nSPS) is 36.6. The third-order valence-corrected chi connectivity index (χ3v) is 10.6. The van der Waals surface area contributed by atoms with E-state index in [9.17, 15) is 14.0 Å². The van der Waals surface area contributed by atoms with E-state index < -0.39 is 0 Å². The van der Waals surface area contributed by atoms with Crippen LogP contribution >= 0.6 is 0 Å². The fraction of sp³-hybridized carbons (Fsp3) is 0.742. The van der Waals surface area contributed by atoms with Crippen LogP contribution in [0.3, 0.4) is 0 Å². The summed E-state index contributed by atoms with van der Waals surface area (Å²) in [5, 5.41) is 3.53. The molecule has 6 aliphatic rings. The van der Waals surface area contributed by atoms with Crippen LogP contribution in [-0.2, 0) is 4.79 Å². The summed E-state index contributed by atoms with van der Waals surface area (Å²) in [4.78, 5) is 28.7. The fourth-order valence-electron chi connectivity index (χ4n) is 8.96. The second-order valence-corrected chi connectivity index (χ2v) is 13.2. The number of hydrogen-bond donors (Lipinski definition) is 1. The van der Waals surface area contributed by atoms with E-state index >= 15 is 0 Å². The molecule has 5 aliphatic carbocycles. The zero-order valence-electron chi connectivity index (χ0n) is 21.7. The number of nitrogens with one attached hydrogen (secondary N) is 1. The average molecular weight is 495 g/mol. The maximum Gasteiger partial charge on any atom is 0.226 e. The summed E-state index contributed by atoms with van der Waals surface area (Å²) in [5.41, 5.74) is 0.623. The van der Waals surface area contributed by atoms with E-state index in [4.69, 9.17) is 0 Å². The molecule has 1 heterocycles. The van der Waals surface area contributed by atoms with Crippen molar-refractivity contribution in [3.8, 4) is 0 Å². The number of halogens is 1. The molecule has 0 aromatic heterocycles. The zero-order valence-corrected chi connectivity index (χ0v) is 21.7. The quantitative estimate of drug-likeness (QED) is 0.473. The molecule has 4 nitrogen and oxygen atoms in total. The number of amides is 1. The molecule has 5 saturated carbocycles. The van der Waals surface area contributed by atoms with Gasteiger partial charge in [-0.05, 0) is 151 Å². The van der Waals surface area contributed by atoms with E-state index in [0.717, 1.165) is 88.3 Å². The van der Waals surface area contributed by atoms with E-state index in [1.807, 2.05) is 0 Å². The summed E-state index contributed by atoms with van der Waals surface area (Å²) in [7, 11) is 0. The minimum Gasteiger partial charge on any atom is -0.353 e. The third-order valence-electron chi connectivity index (χ3n) is 10.6. The van der Waals surface area contributed by atoms with Crippen LogP contribution in [0.5, 0.6) is 0 Å². The number of likely N-dealkylation sites (tertiary alicyclic amines) is 1. The van der Waals surface area contributed by atoms with E-state index in [-0.39, 0.29) is 22.9 Å². The molecule has 1 aromatic carbocycles. The molecule has 1 aliphatic heterocycles. The molecule has 0 spiro atoms. The lowest BCUT2D eigenvalue weighted by Crippen LogP contribution is -2.55. The predicted molar refractivity (Wildman–Crippen MR) is 139 cm³/mol. The van der Waals surface area contributed by atoms with Crippen LogP contribution in [0.2, 0.25) is 0 Å². The molecule has 0 radical (unpaired) electrons. The highest BCUT2D eigenvalue weighted by atomic mass is 19.1. The van der Waals surface area contributed by atoms with E-state index in [1.165, 1.54) is 50.7 Å². The van der Waals surface area contributed by atoms with Crippen LogP contribution in [0.4, 0.5) is 4.39 Å². The highest BCUT2D eigenvalue weighted by molar-refractivity contribution is 5.97. The lowest BCUT2D eigenvalue weighted by molar-refractivity contribution is -0.147. The Kier molecular flexibility index (Phi) is 6.96. The van der Waals surface area contributed by atoms with Gasteiger partial charge in [-0.2, -0.15) is 0 Å². The van der Waals surface area contributed by atoms with Crippen molar-refractivity contribution in [2.24, 2.45) is 35.0 Å². The molecule has 196 valence electrons. The van der Waals surface area contributed by atoms with Crippen LogP contribution in [-0.4, -0.2) is 42.3 Å². The summed E-state index contributed by atoms with van der Waals surface area (Å²) in [6, 6.07) is 6.38. The van der Waals surface area contributed by atoms with Crippen molar-refractivity contribution in [3.05, 3.63) is 35.6 Å². The van der Waals surface area contributed by atoms with Gasteiger partial charge in [-0.15, -0.1) is 0 Å². The number of benzene rings is 1. The highest BCUT2D eigenvalue weighted by Gasteiger charge is 2.54. The number of nitrogens with zero attached hydrogens (tertiary/aromatic N) is 1. The van der Waals surface area contributed by atoms with Crippen molar-refractivity contribution in [1.29, 1.82) is 0 Å². The Bertz CT molecular complexity index is 909. The lowest BCUT2D eigenvalue weighted by Gasteiger charge is -2.56. The Morgan fingerprint density at radius 1 is 0.861 bits per heavy atom. The van der Waals surface area contributed by atoms with E-state index in [1.54, 1.807) is 12.1 Å². The highest BCUT2D eigenvalue weighted by Crippen LogP contribution is 2.60. The first-order chi connectivity index (χ1) is 17.5. The van der Waals surface area contributed by atoms with Crippen LogP contribution in [0.15, 0.2) is 24.3 Å². The topological polar surface area (TPSA) is 49.4 Å². The summed E-state index contributed by atoms with van der Waals surface area (Å²) >= 11 is 0. The summed E-state index contributed by atoms with van der Waals surface area (Å²) in [6.45, 7) is 3.08. The number of hydrogen-bond acceptors (Lipinski definition) is 3. The monoisotopic (exact) mass is 494 g/mol. The smallest absolute Gasteiger partial charge is 0.226 e. The standard InChI is InChI=1S/C31H43FN2O2/c32-27-5-3-25(4-6-27)29(35)26-10-13-34(14-11-26)12-9-21-1-7-28(8-2-21)33-30(36)31-18-22-15-23(19-31)17-24(16-22)20-31/h3-6,21-24,26,28H,1-2,7-20H2,(H,33,36)/t21-,22?,23?,24?,28-,31?. The molecule has 1 amide bonds. The molecule has 5 heteroatoms. The summed E-state index contributed by atoms with van der Waals surface area (Å²) in [6.07, 6.45) is 15.4. The molecule has 1 saturated heterocycles. The van der Waals surface area contributed by atoms with Crippen molar-refractivity contribution in [2.75, 3.05) is 19.6 Å². The van der Waals surface area contributed by atoms with Gasteiger partial charge in [-0.1, -0.05) is 0 Å². The van der Waals surface area contributed by atoms with Gasteiger partial charge in [-0.25, -0.2) is 4.39 Å². The molecular weight excluding hydrogens is 451 g/mol. The maximum atomic E-state index is 13.4. The number of ketones is 1. The number of rotatable bonds is 7.